The number of nitrogens with zero attached hydrogens (tertiary/aromatic N) is 2. The van der Waals surface area contributed by atoms with Crippen LogP contribution in [0.25, 0.3) is 10.9 Å². The number of benzene rings is 4. The van der Waals surface area contributed by atoms with Crippen molar-refractivity contribution in [3.05, 3.63) is 130 Å². The fourth-order valence-electron chi connectivity index (χ4n) is 4.71. The minimum atomic E-state index is -0.455. The van der Waals surface area contributed by atoms with Crippen LogP contribution in [0.15, 0.2) is 106 Å². The van der Waals surface area contributed by atoms with E-state index in [-0.39, 0.29) is 11.9 Å². The van der Waals surface area contributed by atoms with Gasteiger partial charge in [0, 0.05) is 37.9 Å². The van der Waals surface area contributed by atoms with Gasteiger partial charge in [0.1, 0.15) is 0 Å². The number of aryl methyl sites for hydroxylation is 2. The normalized spacial score (nSPS) is 10.8. The van der Waals surface area contributed by atoms with Gasteiger partial charge in [0.25, 0.3) is 0 Å². The summed E-state index contributed by atoms with van der Waals surface area (Å²) in [7, 11) is 1.82. The molecule has 7 nitrogen and oxygen atoms in total. The zero-order valence-electron chi connectivity index (χ0n) is 22.7. The quantitative estimate of drug-likeness (QED) is 0.215. The lowest BCUT2D eigenvalue weighted by molar-refractivity contribution is -0.130. The molecule has 0 saturated carbocycles. The number of nitrogens with one attached hydrogen (secondary N) is 2. The molecule has 0 unspecified atom stereocenters. The number of hydrogen-bond acceptors (Lipinski definition) is 6. The van der Waals surface area contributed by atoms with Crippen LogP contribution in [0.4, 0.5) is 17.4 Å². The minimum absolute atomic E-state index is 0.0566. The molecule has 0 spiro atoms. The van der Waals surface area contributed by atoms with Crippen molar-refractivity contribution < 1.29 is 9.21 Å². The van der Waals surface area contributed by atoms with Crippen LogP contribution < -0.4 is 16.3 Å². The van der Waals surface area contributed by atoms with Gasteiger partial charge in [0.15, 0.2) is 0 Å². The summed E-state index contributed by atoms with van der Waals surface area (Å²) in [4.78, 5) is 32.2. The molecule has 5 aromatic rings. The van der Waals surface area contributed by atoms with Crippen LogP contribution in [0.1, 0.15) is 28.7 Å². The Morgan fingerprint density at radius 3 is 2.27 bits per heavy atom. The lowest BCUT2D eigenvalue weighted by atomic mass is 10.1. The number of anilines is 3. The zero-order chi connectivity index (χ0) is 27.9. The Hall–Kier alpha value is -4.91. The fraction of sp³-hybridized carbons (Fsp3) is 0.182. The van der Waals surface area contributed by atoms with Crippen molar-refractivity contribution >= 4 is 34.2 Å². The molecule has 0 aliphatic rings. The number of aromatic nitrogens is 1. The maximum Gasteiger partial charge on any atom is 0.348 e. The number of carbonyl (C=O) groups is 1. The average Bonchev–Trinajstić information content (AvgIpc) is 2.97. The first-order chi connectivity index (χ1) is 19.5. The maximum absolute atomic E-state index is 13.0. The standard InChI is InChI=1S/C33H32N4O3/c1-23-27(34-21-24-11-5-3-6-12-24)18-19-29-31(23)32(39)40-33(36-29)35-28-16-10-9-15-26(28)17-20-30(38)37(2)22-25-13-7-4-8-14-25/h3-16,18-19,34H,17,20-22H2,1-2H3,(H,35,36). The monoisotopic (exact) mass is 532 g/mol. The molecule has 0 radical (unpaired) electrons. The molecule has 1 heterocycles. The SMILES string of the molecule is Cc1c(NCc2ccccc2)ccc2nc(Nc3ccccc3CCC(=O)N(C)Cc3ccccc3)oc(=O)c12. The molecule has 0 saturated heterocycles. The number of amides is 1. The van der Waals surface area contributed by atoms with Crippen LogP contribution in [0.5, 0.6) is 0 Å². The second kappa shape index (κ2) is 12.3. The third-order valence-corrected chi connectivity index (χ3v) is 6.94. The molecule has 2 N–H and O–H groups in total. The maximum atomic E-state index is 13.0. The van der Waals surface area contributed by atoms with Gasteiger partial charge in [-0.15, -0.1) is 0 Å². The average molecular weight is 533 g/mol. The molecule has 40 heavy (non-hydrogen) atoms. The summed E-state index contributed by atoms with van der Waals surface area (Å²) in [5.41, 5.74) is 5.67. The first-order valence-corrected chi connectivity index (χ1v) is 13.3. The number of hydrogen-bond donors (Lipinski definition) is 2. The van der Waals surface area contributed by atoms with Gasteiger partial charge < -0.3 is 20.0 Å². The third kappa shape index (κ3) is 6.38. The van der Waals surface area contributed by atoms with Crippen LogP contribution in [0.2, 0.25) is 0 Å². The second-order valence-corrected chi connectivity index (χ2v) is 9.80. The highest BCUT2D eigenvalue weighted by atomic mass is 16.4. The van der Waals surface area contributed by atoms with Crippen molar-refractivity contribution in [1.29, 1.82) is 0 Å². The summed E-state index contributed by atoms with van der Waals surface area (Å²) < 4.78 is 5.60. The highest BCUT2D eigenvalue weighted by Gasteiger charge is 2.15. The molecule has 4 aromatic carbocycles. The Labute approximate surface area is 233 Å². The van der Waals surface area contributed by atoms with E-state index in [1.807, 2.05) is 111 Å². The van der Waals surface area contributed by atoms with E-state index in [1.165, 1.54) is 0 Å². The highest BCUT2D eigenvalue weighted by Crippen LogP contribution is 2.26. The van der Waals surface area contributed by atoms with E-state index in [9.17, 15) is 9.59 Å². The van der Waals surface area contributed by atoms with Crippen molar-refractivity contribution in [3.63, 3.8) is 0 Å². The molecule has 1 aromatic heterocycles. The zero-order valence-corrected chi connectivity index (χ0v) is 22.7. The molecule has 0 aliphatic heterocycles. The number of fused-ring (bicyclic) bond motifs is 1. The van der Waals surface area contributed by atoms with E-state index < -0.39 is 5.63 Å². The van der Waals surface area contributed by atoms with Gasteiger partial charge in [-0.1, -0.05) is 78.9 Å². The summed E-state index contributed by atoms with van der Waals surface area (Å²) in [5.74, 6) is 0.0566. The molecule has 202 valence electrons. The van der Waals surface area contributed by atoms with Crippen LogP contribution in [-0.4, -0.2) is 22.8 Å². The van der Waals surface area contributed by atoms with E-state index >= 15 is 0 Å². The molecule has 0 fully saturated rings. The van der Waals surface area contributed by atoms with Crippen molar-refractivity contribution in [2.24, 2.45) is 0 Å². The summed E-state index contributed by atoms with van der Waals surface area (Å²) in [6, 6.07) is 31.5. The molecule has 0 aliphatic carbocycles. The largest absolute Gasteiger partial charge is 0.388 e. The number of para-hydroxylation sites is 1. The Morgan fingerprint density at radius 1 is 0.850 bits per heavy atom. The molecule has 0 bridgehead atoms. The van der Waals surface area contributed by atoms with Gasteiger partial charge in [-0.25, -0.2) is 4.79 Å². The van der Waals surface area contributed by atoms with Gasteiger partial charge in [-0.2, -0.15) is 4.98 Å². The Morgan fingerprint density at radius 2 is 1.52 bits per heavy atom. The summed E-state index contributed by atoms with van der Waals surface area (Å²) in [5, 5.41) is 7.01. The van der Waals surface area contributed by atoms with E-state index in [2.05, 4.69) is 15.6 Å². The lowest BCUT2D eigenvalue weighted by Crippen LogP contribution is -2.26. The molecule has 1 amide bonds. The van der Waals surface area contributed by atoms with Crippen LogP contribution in [0.3, 0.4) is 0 Å². The summed E-state index contributed by atoms with van der Waals surface area (Å²) in [6.07, 6.45) is 0.892. The smallest absolute Gasteiger partial charge is 0.348 e. The van der Waals surface area contributed by atoms with Gasteiger partial charge in [0.2, 0.25) is 5.91 Å². The molecular weight excluding hydrogens is 500 g/mol. The van der Waals surface area contributed by atoms with Gasteiger partial charge >= 0.3 is 11.6 Å². The van der Waals surface area contributed by atoms with Gasteiger partial charge in [-0.3, -0.25) is 4.79 Å². The van der Waals surface area contributed by atoms with Crippen LogP contribution in [-0.2, 0) is 24.3 Å². The third-order valence-electron chi connectivity index (χ3n) is 6.94. The second-order valence-electron chi connectivity index (χ2n) is 9.80. The summed E-state index contributed by atoms with van der Waals surface area (Å²) >= 11 is 0. The Kier molecular flexibility index (Phi) is 8.21. The minimum Gasteiger partial charge on any atom is -0.388 e. The highest BCUT2D eigenvalue weighted by molar-refractivity contribution is 5.86. The topological polar surface area (TPSA) is 87.5 Å². The molecule has 7 heteroatoms. The fourth-order valence-corrected chi connectivity index (χ4v) is 4.71. The van der Waals surface area contributed by atoms with Crippen LogP contribution >= 0.6 is 0 Å². The first kappa shape index (κ1) is 26.7. The molecule has 0 atom stereocenters. The molecule has 5 rings (SSSR count). The van der Waals surface area contributed by atoms with E-state index in [1.54, 1.807) is 4.90 Å². The van der Waals surface area contributed by atoms with Crippen molar-refractivity contribution in [3.8, 4) is 0 Å². The predicted octanol–water partition coefficient (Wildman–Crippen LogP) is 6.44. The number of rotatable bonds is 10. The van der Waals surface area contributed by atoms with Crippen LogP contribution in [0, 0.1) is 6.92 Å². The van der Waals surface area contributed by atoms with E-state index in [0.717, 1.165) is 33.6 Å². The van der Waals surface area contributed by atoms with Crippen molar-refractivity contribution in [2.45, 2.75) is 32.9 Å². The number of carbonyl (C=O) groups excluding carboxylic acids is 1. The summed E-state index contributed by atoms with van der Waals surface area (Å²) in [6.45, 7) is 3.10. The first-order valence-electron chi connectivity index (χ1n) is 13.3. The van der Waals surface area contributed by atoms with Gasteiger partial charge in [0.05, 0.1) is 10.9 Å². The van der Waals surface area contributed by atoms with E-state index in [4.69, 9.17) is 4.42 Å². The Bertz CT molecular complexity index is 1670. The Balaban J connectivity index is 1.28. The van der Waals surface area contributed by atoms with Gasteiger partial charge in [-0.05, 0) is 53.8 Å². The molecular formula is C33H32N4O3. The van der Waals surface area contributed by atoms with E-state index in [0.29, 0.717) is 36.8 Å². The predicted molar refractivity (Wildman–Crippen MR) is 160 cm³/mol. The van der Waals surface area contributed by atoms with Crippen molar-refractivity contribution in [1.82, 2.24) is 9.88 Å². The lowest BCUT2D eigenvalue weighted by Gasteiger charge is -2.18. The van der Waals surface area contributed by atoms with Crippen molar-refractivity contribution in [2.75, 3.05) is 17.7 Å².